The third-order valence-electron chi connectivity index (χ3n) is 3.51. The summed E-state index contributed by atoms with van der Waals surface area (Å²) >= 11 is 0. The van der Waals surface area contributed by atoms with Gasteiger partial charge in [0.2, 0.25) is 5.89 Å². The number of sulfone groups is 1. The fraction of sp³-hybridized carbons (Fsp3) is 0.438. The molecule has 0 bridgehead atoms. The number of benzene rings is 1. The van der Waals surface area contributed by atoms with Gasteiger partial charge in [0.1, 0.15) is 5.76 Å². The number of rotatable bonds is 6. The molecule has 0 saturated heterocycles. The molecule has 2 rings (SSSR count). The predicted molar refractivity (Wildman–Crippen MR) is 85.4 cm³/mol. The van der Waals surface area contributed by atoms with Crippen molar-refractivity contribution in [2.75, 3.05) is 6.26 Å². The summed E-state index contributed by atoms with van der Waals surface area (Å²) in [6.07, 6.45) is 2.96. The third kappa shape index (κ3) is 4.18. The molecule has 0 aliphatic rings. The van der Waals surface area contributed by atoms with Crippen LogP contribution < -0.4 is 5.32 Å². The van der Waals surface area contributed by atoms with Gasteiger partial charge in [-0.25, -0.2) is 13.4 Å². The Hall–Kier alpha value is -1.66. The molecule has 1 heterocycles. The van der Waals surface area contributed by atoms with Crippen LogP contribution in [-0.4, -0.2) is 19.7 Å². The van der Waals surface area contributed by atoms with Gasteiger partial charge in [-0.15, -0.1) is 0 Å². The Bertz CT molecular complexity index is 718. The van der Waals surface area contributed by atoms with Crippen molar-refractivity contribution >= 4 is 9.84 Å². The molecular formula is C16H22N2O3S. The van der Waals surface area contributed by atoms with Gasteiger partial charge in [0.05, 0.1) is 17.6 Å². The van der Waals surface area contributed by atoms with E-state index in [9.17, 15) is 8.42 Å². The zero-order valence-corrected chi connectivity index (χ0v) is 14.1. The van der Waals surface area contributed by atoms with Crippen LogP contribution in [0.1, 0.15) is 49.9 Å². The SMILES string of the molecule is CC(C)c1cnc(CN[C@@H](C)c2ccc(S(C)(=O)=O)cc2)o1. The maximum atomic E-state index is 11.4. The summed E-state index contributed by atoms with van der Waals surface area (Å²) in [4.78, 5) is 4.57. The zero-order chi connectivity index (χ0) is 16.3. The molecule has 0 radical (unpaired) electrons. The number of hydrogen-bond donors (Lipinski definition) is 1. The summed E-state index contributed by atoms with van der Waals surface area (Å²) in [5.41, 5.74) is 1.02. The van der Waals surface area contributed by atoms with E-state index in [1.807, 2.05) is 19.1 Å². The Morgan fingerprint density at radius 2 is 1.82 bits per heavy atom. The first-order chi connectivity index (χ1) is 10.3. The number of hydrogen-bond acceptors (Lipinski definition) is 5. The minimum atomic E-state index is -3.15. The Morgan fingerprint density at radius 1 is 1.18 bits per heavy atom. The normalized spacial score (nSPS) is 13.5. The molecule has 0 aliphatic heterocycles. The highest BCUT2D eigenvalue weighted by Gasteiger charge is 2.11. The van der Waals surface area contributed by atoms with Crippen LogP contribution in [0.5, 0.6) is 0 Å². The first-order valence-electron chi connectivity index (χ1n) is 7.25. The van der Waals surface area contributed by atoms with Crippen molar-refractivity contribution < 1.29 is 12.8 Å². The van der Waals surface area contributed by atoms with Gasteiger partial charge in [0, 0.05) is 18.2 Å². The molecule has 0 aliphatic carbocycles. The summed E-state index contributed by atoms with van der Waals surface area (Å²) < 4.78 is 28.5. The molecule has 1 atom stereocenters. The molecule has 0 amide bonds. The van der Waals surface area contributed by atoms with Crippen LogP contribution in [0.3, 0.4) is 0 Å². The van der Waals surface area contributed by atoms with Crippen LogP contribution in [0.15, 0.2) is 39.8 Å². The Kier molecular flexibility index (Phi) is 5.03. The molecule has 5 nitrogen and oxygen atoms in total. The minimum Gasteiger partial charge on any atom is -0.444 e. The largest absolute Gasteiger partial charge is 0.444 e. The maximum Gasteiger partial charge on any atom is 0.208 e. The van der Waals surface area contributed by atoms with E-state index in [0.717, 1.165) is 11.3 Å². The van der Waals surface area contributed by atoms with E-state index in [2.05, 4.69) is 24.1 Å². The highest BCUT2D eigenvalue weighted by atomic mass is 32.2. The standard InChI is InChI=1S/C16H22N2O3S/c1-11(2)15-9-18-16(21-15)10-17-12(3)13-5-7-14(8-6-13)22(4,19)20/h5-9,11-12,17H,10H2,1-4H3/t12-/m0/s1. The molecule has 2 aromatic rings. The molecule has 120 valence electrons. The van der Waals surface area contributed by atoms with Gasteiger partial charge in [-0.2, -0.15) is 0 Å². The quantitative estimate of drug-likeness (QED) is 0.885. The van der Waals surface area contributed by atoms with Crippen LogP contribution >= 0.6 is 0 Å². The summed E-state index contributed by atoms with van der Waals surface area (Å²) in [5.74, 6) is 1.85. The van der Waals surface area contributed by atoms with Gasteiger partial charge in [-0.3, -0.25) is 0 Å². The number of nitrogens with zero attached hydrogens (tertiary/aromatic N) is 1. The summed E-state index contributed by atoms with van der Waals surface area (Å²) in [6.45, 7) is 6.66. The lowest BCUT2D eigenvalue weighted by Crippen LogP contribution is -2.18. The molecule has 1 N–H and O–H groups in total. The molecule has 0 unspecified atom stereocenters. The monoisotopic (exact) mass is 322 g/mol. The molecular weight excluding hydrogens is 300 g/mol. The number of nitrogens with one attached hydrogen (secondary N) is 1. The van der Waals surface area contributed by atoms with E-state index in [0.29, 0.717) is 23.2 Å². The van der Waals surface area contributed by atoms with Crippen molar-refractivity contribution in [1.29, 1.82) is 0 Å². The molecule has 1 aromatic heterocycles. The van der Waals surface area contributed by atoms with Crippen LogP contribution in [-0.2, 0) is 16.4 Å². The molecule has 0 spiro atoms. The van der Waals surface area contributed by atoms with Crippen LogP contribution in [0.2, 0.25) is 0 Å². The van der Waals surface area contributed by atoms with Crippen molar-refractivity contribution in [3.63, 3.8) is 0 Å². The third-order valence-corrected chi connectivity index (χ3v) is 4.64. The highest BCUT2D eigenvalue weighted by molar-refractivity contribution is 7.90. The topological polar surface area (TPSA) is 72.2 Å². The Labute approximate surface area is 131 Å². The molecule has 22 heavy (non-hydrogen) atoms. The van der Waals surface area contributed by atoms with E-state index < -0.39 is 9.84 Å². The maximum absolute atomic E-state index is 11.4. The fourth-order valence-corrected chi connectivity index (χ4v) is 2.67. The fourth-order valence-electron chi connectivity index (χ4n) is 2.03. The molecule has 1 aromatic carbocycles. The zero-order valence-electron chi connectivity index (χ0n) is 13.3. The lowest BCUT2D eigenvalue weighted by atomic mass is 10.1. The van der Waals surface area contributed by atoms with E-state index in [4.69, 9.17) is 4.42 Å². The molecule has 6 heteroatoms. The summed E-state index contributed by atoms with van der Waals surface area (Å²) in [7, 11) is -3.15. The second-order valence-corrected chi connectivity index (χ2v) is 7.77. The van der Waals surface area contributed by atoms with E-state index in [1.165, 1.54) is 6.26 Å². The number of oxazole rings is 1. The van der Waals surface area contributed by atoms with Gasteiger partial charge in [-0.1, -0.05) is 26.0 Å². The lowest BCUT2D eigenvalue weighted by Gasteiger charge is -2.13. The van der Waals surface area contributed by atoms with Crippen molar-refractivity contribution in [3.8, 4) is 0 Å². The van der Waals surface area contributed by atoms with Crippen molar-refractivity contribution in [2.45, 2.75) is 44.2 Å². The summed E-state index contributed by atoms with van der Waals surface area (Å²) in [6, 6.07) is 6.98. The van der Waals surface area contributed by atoms with E-state index in [1.54, 1.807) is 18.3 Å². The van der Waals surface area contributed by atoms with Gasteiger partial charge < -0.3 is 9.73 Å². The average molecular weight is 322 g/mol. The second kappa shape index (κ2) is 6.62. The van der Waals surface area contributed by atoms with E-state index >= 15 is 0 Å². The molecule has 0 fully saturated rings. The van der Waals surface area contributed by atoms with Crippen molar-refractivity contribution in [1.82, 2.24) is 10.3 Å². The van der Waals surface area contributed by atoms with Gasteiger partial charge in [-0.05, 0) is 24.6 Å². The smallest absolute Gasteiger partial charge is 0.208 e. The first-order valence-corrected chi connectivity index (χ1v) is 9.14. The van der Waals surface area contributed by atoms with Crippen LogP contribution in [0, 0.1) is 0 Å². The average Bonchev–Trinajstić information content (AvgIpc) is 2.93. The lowest BCUT2D eigenvalue weighted by molar-refractivity contribution is 0.411. The van der Waals surface area contributed by atoms with Gasteiger partial charge in [0.25, 0.3) is 0 Å². The predicted octanol–water partition coefficient (Wildman–Crippen LogP) is 3.05. The first kappa shape index (κ1) is 16.7. The van der Waals surface area contributed by atoms with Crippen molar-refractivity contribution in [2.24, 2.45) is 0 Å². The van der Waals surface area contributed by atoms with E-state index in [-0.39, 0.29) is 6.04 Å². The van der Waals surface area contributed by atoms with Crippen LogP contribution in [0.4, 0.5) is 0 Å². The van der Waals surface area contributed by atoms with Crippen LogP contribution in [0.25, 0.3) is 0 Å². The van der Waals surface area contributed by atoms with Gasteiger partial charge >= 0.3 is 0 Å². The van der Waals surface area contributed by atoms with Gasteiger partial charge in [0.15, 0.2) is 9.84 Å². The number of aromatic nitrogens is 1. The van der Waals surface area contributed by atoms with Crippen molar-refractivity contribution in [3.05, 3.63) is 47.7 Å². The highest BCUT2D eigenvalue weighted by Crippen LogP contribution is 2.18. The Morgan fingerprint density at radius 3 is 2.32 bits per heavy atom. The molecule has 0 saturated carbocycles. The Balaban J connectivity index is 1.98. The summed E-state index contributed by atoms with van der Waals surface area (Å²) in [5, 5.41) is 3.32. The second-order valence-electron chi connectivity index (χ2n) is 5.75. The minimum absolute atomic E-state index is 0.0722.